The number of carbonyl (C=O) groups excluding carboxylic acids is 1. The molecule has 16 heteroatoms. The molecule has 0 bridgehead atoms. The van der Waals surface area contributed by atoms with E-state index in [4.69, 9.17) is 14.3 Å². The van der Waals surface area contributed by atoms with E-state index in [1.807, 2.05) is 6.92 Å². The minimum atomic E-state index is -5.03. The van der Waals surface area contributed by atoms with Gasteiger partial charge in [-0.05, 0) is 49.6 Å². The maximum absolute atomic E-state index is 13.4. The highest BCUT2D eigenvalue weighted by Crippen LogP contribution is 2.40. The fourth-order valence-corrected chi connectivity index (χ4v) is 4.83. The van der Waals surface area contributed by atoms with Gasteiger partial charge in [0.15, 0.2) is 6.29 Å². The zero-order valence-corrected chi connectivity index (χ0v) is 22.8. The van der Waals surface area contributed by atoms with Crippen LogP contribution in [0.5, 0.6) is 5.88 Å². The standard InChI is InChI=1S/C26H29F6N5O5/c1-4-17-11-18(22-19(6-7-20(34-22)40-3)37(17)24(39)41-5-2)33-23-35-21(13-38)42-36(23)12-14-8-15(25(27,28)29)10-16(9-14)26(30,31)32/h6-10,17-18,23,33,38H,4-5,11-13H2,1-3H3/t17-,18+,23?/m1/s1. The molecule has 1 unspecified atom stereocenters. The molecule has 2 aliphatic heterocycles. The number of fused-ring (bicyclic) bond motifs is 1. The maximum Gasteiger partial charge on any atom is 0.416 e. The predicted molar refractivity (Wildman–Crippen MR) is 136 cm³/mol. The molecule has 3 heterocycles. The smallest absolute Gasteiger partial charge is 0.416 e. The predicted octanol–water partition coefficient (Wildman–Crippen LogP) is 5.03. The molecule has 2 aliphatic rings. The lowest BCUT2D eigenvalue weighted by Gasteiger charge is -2.40. The van der Waals surface area contributed by atoms with Crippen molar-refractivity contribution < 1.29 is 50.6 Å². The third kappa shape index (κ3) is 6.71. The van der Waals surface area contributed by atoms with Crippen molar-refractivity contribution in [2.45, 2.75) is 64.0 Å². The van der Waals surface area contributed by atoms with Crippen LogP contribution in [0.15, 0.2) is 35.3 Å². The van der Waals surface area contributed by atoms with Crippen LogP contribution in [0.1, 0.15) is 55.1 Å². The van der Waals surface area contributed by atoms with Crippen molar-refractivity contribution in [3.63, 3.8) is 0 Å². The molecule has 3 atom stereocenters. The van der Waals surface area contributed by atoms with Gasteiger partial charge in [-0.15, -0.1) is 0 Å². The van der Waals surface area contributed by atoms with Gasteiger partial charge in [-0.3, -0.25) is 10.2 Å². The highest BCUT2D eigenvalue weighted by Gasteiger charge is 2.41. The Morgan fingerprint density at radius 3 is 2.33 bits per heavy atom. The summed E-state index contributed by atoms with van der Waals surface area (Å²) in [7, 11) is 1.41. The molecule has 2 N–H and O–H groups in total. The number of nitrogens with zero attached hydrogens (tertiary/aromatic N) is 4. The summed E-state index contributed by atoms with van der Waals surface area (Å²) in [6.45, 7) is 2.47. The Labute approximate surface area is 236 Å². The first kappa shape index (κ1) is 31.3. The highest BCUT2D eigenvalue weighted by atomic mass is 19.4. The van der Waals surface area contributed by atoms with E-state index < -0.39 is 55.1 Å². The van der Waals surface area contributed by atoms with Gasteiger partial charge in [-0.1, -0.05) is 12.0 Å². The molecule has 230 valence electrons. The monoisotopic (exact) mass is 605 g/mol. The van der Waals surface area contributed by atoms with Crippen LogP contribution < -0.4 is 15.0 Å². The van der Waals surface area contributed by atoms with Crippen molar-refractivity contribution in [2.75, 3.05) is 25.2 Å². The van der Waals surface area contributed by atoms with E-state index in [0.717, 1.165) is 5.06 Å². The first-order valence-electron chi connectivity index (χ1n) is 13.0. The first-order chi connectivity index (χ1) is 19.8. The number of pyridine rings is 1. The van der Waals surface area contributed by atoms with Gasteiger partial charge in [0, 0.05) is 12.1 Å². The number of alkyl halides is 6. The van der Waals surface area contributed by atoms with E-state index >= 15 is 0 Å². The lowest BCUT2D eigenvalue weighted by atomic mass is 9.93. The summed E-state index contributed by atoms with van der Waals surface area (Å²) in [4.78, 5) is 28.5. The Kier molecular flexibility index (Phi) is 9.18. The lowest BCUT2D eigenvalue weighted by molar-refractivity contribution is -0.143. The Bertz CT molecular complexity index is 1290. The molecule has 42 heavy (non-hydrogen) atoms. The summed E-state index contributed by atoms with van der Waals surface area (Å²) < 4.78 is 91.1. The van der Waals surface area contributed by atoms with Crippen LogP contribution in [0.2, 0.25) is 0 Å². The second-order valence-corrected chi connectivity index (χ2v) is 9.48. The number of hydroxylamine groups is 2. The van der Waals surface area contributed by atoms with Crippen LogP contribution in [0.3, 0.4) is 0 Å². The molecular formula is C26H29F6N5O5. The summed E-state index contributed by atoms with van der Waals surface area (Å²) >= 11 is 0. The molecule has 1 aromatic heterocycles. The molecule has 4 rings (SSSR count). The molecular weight excluding hydrogens is 576 g/mol. The fourth-order valence-electron chi connectivity index (χ4n) is 4.83. The number of nitrogens with one attached hydrogen (secondary N) is 1. The molecule has 10 nitrogen and oxygen atoms in total. The summed E-state index contributed by atoms with van der Waals surface area (Å²) in [6.07, 6.45) is -11.0. The maximum atomic E-state index is 13.4. The van der Waals surface area contributed by atoms with Gasteiger partial charge in [0.2, 0.25) is 11.8 Å². The zero-order chi connectivity index (χ0) is 30.8. The van der Waals surface area contributed by atoms with E-state index in [2.05, 4.69) is 15.3 Å². The molecule has 1 amide bonds. The molecule has 0 saturated heterocycles. The van der Waals surface area contributed by atoms with Crippen LogP contribution in [-0.4, -0.2) is 59.8 Å². The number of hydrogen-bond acceptors (Lipinski definition) is 9. The van der Waals surface area contributed by atoms with Crippen molar-refractivity contribution in [1.29, 1.82) is 0 Å². The minimum Gasteiger partial charge on any atom is -0.481 e. The largest absolute Gasteiger partial charge is 0.481 e. The first-order valence-corrected chi connectivity index (χ1v) is 13.0. The normalized spacial score (nSPS) is 21.0. The van der Waals surface area contributed by atoms with Crippen LogP contribution >= 0.6 is 0 Å². The number of aromatic nitrogens is 1. The molecule has 0 spiro atoms. The second-order valence-electron chi connectivity index (χ2n) is 9.48. The van der Waals surface area contributed by atoms with Gasteiger partial charge in [0.1, 0.15) is 6.61 Å². The van der Waals surface area contributed by atoms with Crippen molar-refractivity contribution in [3.05, 3.63) is 52.7 Å². The third-order valence-electron chi connectivity index (χ3n) is 6.72. The number of aliphatic hydroxyl groups excluding tert-OH is 1. The Hall–Kier alpha value is -3.63. The molecule has 0 fully saturated rings. The van der Waals surface area contributed by atoms with Crippen molar-refractivity contribution in [1.82, 2.24) is 15.4 Å². The molecule has 0 radical (unpaired) electrons. The lowest BCUT2D eigenvalue weighted by Crippen LogP contribution is -2.50. The topological polar surface area (TPSA) is 109 Å². The van der Waals surface area contributed by atoms with Crippen LogP contribution in [0, 0.1) is 0 Å². The number of aliphatic hydroxyl groups is 1. The van der Waals surface area contributed by atoms with Gasteiger partial charge in [-0.2, -0.15) is 26.3 Å². The number of anilines is 1. The number of rotatable bonds is 8. The number of methoxy groups -OCH3 is 1. The second kappa shape index (κ2) is 12.3. The Morgan fingerprint density at radius 1 is 1.12 bits per heavy atom. The Balaban J connectivity index is 1.68. The number of benzene rings is 1. The van der Waals surface area contributed by atoms with Gasteiger partial charge in [0.25, 0.3) is 0 Å². The Morgan fingerprint density at radius 2 is 1.79 bits per heavy atom. The highest BCUT2D eigenvalue weighted by molar-refractivity contribution is 5.90. The number of ether oxygens (including phenoxy) is 2. The number of aliphatic imine (C=N–C) groups is 1. The van der Waals surface area contributed by atoms with Crippen molar-refractivity contribution in [3.8, 4) is 5.88 Å². The van der Waals surface area contributed by atoms with Crippen LogP contribution in [-0.2, 0) is 28.5 Å². The molecule has 2 aromatic rings. The number of halogens is 6. The number of amides is 1. The third-order valence-corrected chi connectivity index (χ3v) is 6.72. The van der Waals surface area contributed by atoms with Crippen molar-refractivity contribution >= 4 is 17.7 Å². The average molecular weight is 606 g/mol. The molecule has 0 aliphatic carbocycles. The van der Waals surface area contributed by atoms with E-state index in [1.165, 1.54) is 12.0 Å². The van der Waals surface area contributed by atoms with E-state index in [0.29, 0.717) is 36.4 Å². The van der Waals surface area contributed by atoms with E-state index in [-0.39, 0.29) is 36.1 Å². The quantitative estimate of drug-likeness (QED) is 0.404. The van der Waals surface area contributed by atoms with Gasteiger partial charge >= 0.3 is 18.4 Å². The molecule has 1 aromatic carbocycles. The summed E-state index contributed by atoms with van der Waals surface area (Å²) in [5, 5.41) is 13.8. The van der Waals surface area contributed by atoms with Crippen LogP contribution in [0.4, 0.5) is 36.8 Å². The van der Waals surface area contributed by atoms with E-state index in [9.17, 15) is 36.2 Å². The summed E-state index contributed by atoms with van der Waals surface area (Å²) in [5.41, 5.74) is -2.49. The summed E-state index contributed by atoms with van der Waals surface area (Å²) in [6, 6.07) is 3.45. The zero-order valence-electron chi connectivity index (χ0n) is 22.8. The van der Waals surface area contributed by atoms with Gasteiger partial charge < -0.3 is 19.4 Å². The van der Waals surface area contributed by atoms with Crippen LogP contribution in [0.25, 0.3) is 0 Å². The fraction of sp³-hybridized carbons (Fsp3) is 0.500. The van der Waals surface area contributed by atoms with Crippen molar-refractivity contribution in [2.24, 2.45) is 4.99 Å². The molecule has 0 saturated carbocycles. The summed E-state index contributed by atoms with van der Waals surface area (Å²) in [5.74, 6) is 0.0346. The minimum absolute atomic E-state index is 0.0396. The van der Waals surface area contributed by atoms with Gasteiger partial charge in [0.05, 0.1) is 48.8 Å². The van der Waals surface area contributed by atoms with E-state index in [1.54, 1.807) is 19.1 Å². The SMILES string of the molecule is CCOC(=O)N1c2ccc(OC)nc2[C@@H](NC2N=C(CO)ON2Cc2cc(C(F)(F)F)cc(C(F)(F)F)c2)C[C@H]1CC. The van der Waals surface area contributed by atoms with Gasteiger partial charge in [-0.25, -0.2) is 14.8 Å². The number of carbonyl (C=O) groups is 1. The number of hydrogen-bond donors (Lipinski definition) is 2. The average Bonchev–Trinajstić information content (AvgIpc) is 3.32.